The second-order valence-electron chi connectivity index (χ2n) is 4.60. The quantitative estimate of drug-likeness (QED) is 0.720. The highest BCUT2D eigenvalue weighted by Crippen LogP contribution is 2.27. The number of rotatable bonds is 4. The molecule has 2 aromatic carbocycles. The minimum absolute atomic E-state index is 0.129. The van der Waals surface area contributed by atoms with E-state index in [1.54, 1.807) is 13.3 Å². The Morgan fingerprint density at radius 2 is 1.65 bits per heavy atom. The fourth-order valence-electron chi connectivity index (χ4n) is 2.38. The molecule has 3 aromatic rings. The van der Waals surface area contributed by atoms with E-state index in [0.717, 1.165) is 5.75 Å². The van der Waals surface area contributed by atoms with E-state index in [1.807, 2.05) is 30.7 Å². The van der Waals surface area contributed by atoms with E-state index >= 15 is 0 Å². The molecular formula is C17H16N2O. The van der Waals surface area contributed by atoms with Crippen LogP contribution in [0.1, 0.15) is 17.2 Å². The Morgan fingerprint density at radius 1 is 0.950 bits per heavy atom. The summed E-state index contributed by atoms with van der Waals surface area (Å²) in [5.41, 5.74) is 2.44. The van der Waals surface area contributed by atoms with Crippen molar-refractivity contribution in [1.29, 1.82) is 0 Å². The van der Waals surface area contributed by atoms with Gasteiger partial charge < -0.3 is 9.30 Å². The topological polar surface area (TPSA) is 27.1 Å². The average molecular weight is 264 g/mol. The van der Waals surface area contributed by atoms with Crippen LogP contribution >= 0.6 is 0 Å². The van der Waals surface area contributed by atoms with E-state index in [-0.39, 0.29) is 6.04 Å². The summed E-state index contributed by atoms with van der Waals surface area (Å²) in [7, 11) is 1.68. The lowest BCUT2D eigenvalue weighted by atomic mass is 9.98. The second kappa shape index (κ2) is 5.61. The van der Waals surface area contributed by atoms with Crippen LogP contribution in [0.2, 0.25) is 0 Å². The molecule has 1 aromatic heterocycles. The van der Waals surface area contributed by atoms with Gasteiger partial charge in [0.05, 0.1) is 19.5 Å². The van der Waals surface area contributed by atoms with Gasteiger partial charge in [0, 0.05) is 12.4 Å². The molecule has 1 atom stereocenters. The molecule has 0 saturated carbocycles. The van der Waals surface area contributed by atoms with Crippen LogP contribution in [0.4, 0.5) is 0 Å². The number of methoxy groups -OCH3 is 1. The second-order valence-corrected chi connectivity index (χ2v) is 4.60. The Balaban J connectivity index is 2.05. The number of aromatic nitrogens is 2. The molecule has 3 heteroatoms. The highest BCUT2D eigenvalue weighted by molar-refractivity contribution is 5.36. The van der Waals surface area contributed by atoms with E-state index in [2.05, 4.69) is 45.9 Å². The number of ether oxygens (including phenoxy) is 1. The highest BCUT2D eigenvalue weighted by Gasteiger charge is 2.15. The van der Waals surface area contributed by atoms with Crippen molar-refractivity contribution in [2.45, 2.75) is 6.04 Å². The predicted octanol–water partition coefficient (Wildman–Crippen LogP) is 3.53. The van der Waals surface area contributed by atoms with Crippen molar-refractivity contribution in [3.05, 3.63) is 84.4 Å². The lowest BCUT2D eigenvalue weighted by Crippen LogP contribution is -2.10. The lowest BCUT2D eigenvalue weighted by Gasteiger charge is -2.19. The SMILES string of the molecule is COc1ccc(C(c2ccccc2)n2ccnc2)cc1. The first-order valence-electron chi connectivity index (χ1n) is 6.55. The minimum atomic E-state index is 0.129. The van der Waals surface area contributed by atoms with Gasteiger partial charge in [0.25, 0.3) is 0 Å². The van der Waals surface area contributed by atoms with Crippen molar-refractivity contribution >= 4 is 0 Å². The molecule has 3 nitrogen and oxygen atoms in total. The van der Waals surface area contributed by atoms with Gasteiger partial charge in [-0.1, -0.05) is 42.5 Å². The number of hydrogen-bond donors (Lipinski definition) is 0. The summed E-state index contributed by atoms with van der Waals surface area (Å²) in [5, 5.41) is 0. The van der Waals surface area contributed by atoms with Crippen LogP contribution in [0.3, 0.4) is 0 Å². The van der Waals surface area contributed by atoms with Crippen molar-refractivity contribution in [3.63, 3.8) is 0 Å². The molecule has 100 valence electrons. The number of nitrogens with zero attached hydrogens (tertiary/aromatic N) is 2. The van der Waals surface area contributed by atoms with Crippen molar-refractivity contribution in [3.8, 4) is 5.75 Å². The third kappa shape index (κ3) is 2.43. The molecule has 0 spiro atoms. The maximum Gasteiger partial charge on any atom is 0.118 e. The smallest absolute Gasteiger partial charge is 0.118 e. The van der Waals surface area contributed by atoms with Gasteiger partial charge in [0.15, 0.2) is 0 Å². The molecule has 0 radical (unpaired) electrons. The molecule has 0 aliphatic heterocycles. The normalized spacial score (nSPS) is 12.1. The van der Waals surface area contributed by atoms with Gasteiger partial charge >= 0.3 is 0 Å². The Hall–Kier alpha value is -2.55. The van der Waals surface area contributed by atoms with Gasteiger partial charge in [-0.2, -0.15) is 0 Å². The van der Waals surface area contributed by atoms with Gasteiger partial charge in [0.2, 0.25) is 0 Å². The van der Waals surface area contributed by atoms with Crippen molar-refractivity contribution in [2.75, 3.05) is 7.11 Å². The molecule has 0 saturated heterocycles. The van der Waals surface area contributed by atoms with Crippen LogP contribution in [0.5, 0.6) is 5.75 Å². The maximum absolute atomic E-state index is 5.23. The van der Waals surface area contributed by atoms with Crippen molar-refractivity contribution in [1.82, 2.24) is 9.55 Å². The first kappa shape index (κ1) is 12.5. The van der Waals surface area contributed by atoms with Crippen LogP contribution in [0.15, 0.2) is 73.3 Å². The molecule has 0 aliphatic carbocycles. The third-order valence-corrected chi connectivity index (χ3v) is 3.37. The molecule has 0 fully saturated rings. The predicted molar refractivity (Wildman–Crippen MR) is 78.9 cm³/mol. The third-order valence-electron chi connectivity index (χ3n) is 3.37. The van der Waals surface area contributed by atoms with Crippen LogP contribution in [-0.2, 0) is 0 Å². The zero-order valence-electron chi connectivity index (χ0n) is 11.3. The van der Waals surface area contributed by atoms with Gasteiger partial charge in [0.1, 0.15) is 5.75 Å². The number of imidazole rings is 1. The van der Waals surface area contributed by atoms with E-state index in [0.29, 0.717) is 0 Å². The largest absolute Gasteiger partial charge is 0.497 e. The van der Waals surface area contributed by atoms with Crippen molar-refractivity contribution in [2.24, 2.45) is 0 Å². The summed E-state index contributed by atoms with van der Waals surface area (Å²) in [6.07, 6.45) is 5.64. The summed E-state index contributed by atoms with van der Waals surface area (Å²) >= 11 is 0. The Morgan fingerprint density at radius 3 is 2.25 bits per heavy atom. The van der Waals surface area contributed by atoms with Crippen molar-refractivity contribution < 1.29 is 4.74 Å². The zero-order valence-corrected chi connectivity index (χ0v) is 11.3. The van der Waals surface area contributed by atoms with E-state index < -0.39 is 0 Å². The molecule has 0 bridgehead atoms. The van der Waals surface area contributed by atoms with Gasteiger partial charge in [-0.05, 0) is 23.3 Å². The molecule has 1 unspecified atom stereocenters. The van der Waals surface area contributed by atoms with E-state index in [9.17, 15) is 0 Å². The molecule has 0 amide bonds. The van der Waals surface area contributed by atoms with Crippen LogP contribution in [0.25, 0.3) is 0 Å². The highest BCUT2D eigenvalue weighted by atomic mass is 16.5. The maximum atomic E-state index is 5.23. The molecule has 1 heterocycles. The Labute approximate surface area is 118 Å². The Bertz CT molecular complexity index is 645. The molecule has 0 N–H and O–H groups in total. The summed E-state index contributed by atoms with van der Waals surface area (Å²) in [6.45, 7) is 0. The van der Waals surface area contributed by atoms with E-state index in [4.69, 9.17) is 4.74 Å². The Kier molecular flexibility index (Phi) is 3.50. The van der Waals surface area contributed by atoms with Gasteiger partial charge in [-0.25, -0.2) is 4.98 Å². The molecular weight excluding hydrogens is 248 g/mol. The van der Waals surface area contributed by atoms with Crippen LogP contribution < -0.4 is 4.74 Å². The molecule has 0 aliphatic rings. The first-order valence-corrected chi connectivity index (χ1v) is 6.55. The molecule has 20 heavy (non-hydrogen) atoms. The fourth-order valence-corrected chi connectivity index (χ4v) is 2.38. The van der Waals surface area contributed by atoms with Gasteiger partial charge in [-0.3, -0.25) is 0 Å². The van der Waals surface area contributed by atoms with Gasteiger partial charge in [-0.15, -0.1) is 0 Å². The summed E-state index contributed by atoms with van der Waals surface area (Å²) in [4.78, 5) is 4.17. The number of benzene rings is 2. The zero-order chi connectivity index (χ0) is 13.8. The fraction of sp³-hybridized carbons (Fsp3) is 0.118. The number of hydrogen-bond acceptors (Lipinski definition) is 2. The van der Waals surface area contributed by atoms with Crippen LogP contribution in [0, 0.1) is 0 Å². The summed E-state index contributed by atoms with van der Waals surface area (Å²) in [6, 6.07) is 18.7. The monoisotopic (exact) mass is 264 g/mol. The lowest BCUT2D eigenvalue weighted by molar-refractivity contribution is 0.414. The average Bonchev–Trinajstić information content (AvgIpc) is 3.03. The first-order chi connectivity index (χ1) is 9.88. The summed E-state index contributed by atoms with van der Waals surface area (Å²) < 4.78 is 7.33. The van der Waals surface area contributed by atoms with E-state index in [1.165, 1.54) is 11.1 Å². The molecule has 3 rings (SSSR count). The van der Waals surface area contributed by atoms with Crippen LogP contribution in [-0.4, -0.2) is 16.7 Å². The minimum Gasteiger partial charge on any atom is -0.497 e. The summed E-state index contributed by atoms with van der Waals surface area (Å²) in [5.74, 6) is 0.867. The standard InChI is InChI=1S/C17H16N2O/c1-20-16-9-7-15(8-10-16)17(19-12-11-18-13-19)14-5-3-2-4-6-14/h2-13,17H,1H3.